The maximum atomic E-state index is 13.4. The molecule has 0 aliphatic carbocycles. The lowest BCUT2D eigenvalue weighted by molar-refractivity contribution is 0.194. The minimum absolute atomic E-state index is 0.234. The van der Waals surface area contributed by atoms with Gasteiger partial charge in [-0.1, -0.05) is 0 Å². The Labute approximate surface area is 129 Å². The number of benzene rings is 1. The first-order chi connectivity index (χ1) is 10.2. The molecule has 1 atom stereocenters. The maximum absolute atomic E-state index is 13.4. The standard InChI is InChI=1S/C16H21ClFN3/c1-20-8-2-3-12(10-20)11-21-15-5-4-13(18)9-14(15)19-16(21)6-7-17/h4-5,9,12H,2-3,6-8,10-11H2,1H3. The van der Waals surface area contributed by atoms with Crippen molar-refractivity contribution >= 4 is 22.6 Å². The highest BCUT2D eigenvalue weighted by atomic mass is 35.5. The van der Waals surface area contributed by atoms with Crippen LogP contribution in [-0.2, 0) is 13.0 Å². The van der Waals surface area contributed by atoms with Gasteiger partial charge in [0.15, 0.2) is 0 Å². The highest BCUT2D eigenvalue weighted by Crippen LogP contribution is 2.23. The number of aryl methyl sites for hydroxylation is 1. The van der Waals surface area contributed by atoms with E-state index in [0.717, 1.165) is 36.4 Å². The summed E-state index contributed by atoms with van der Waals surface area (Å²) in [4.78, 5) is 6.96. The molecule has 2 aromatic rings. The third-order valence-electron chi connectivity index (χ3n) is 4.27. The van der Waals surface area contributed by atoms with Gasteiger partial charge in [0, 0.05) is 31.5 Å². The average Bonchev–Trinajstić information content (AvgIpc) is 2.76. The Kier molecular flexibility index (Phi) is 4.45. The first-order valence-electron chi connectivity index (χ1n) is 7.56. The van der Waals surface area contributed by atoms with E-state index in [1.807, 2.05) is 6.07 Å². The number of nitrogens with zero attached hydrogens (tertiary/aromatic N) is 3. The van der Waals surface area contributed by atoms with Crippen LogP contribution in [0.1, 0.15) is 18.7 Å². The van der Waals surface area contributed by atoms with E-state index in [0.29, 0.717) is 11.8 Å². The number of rotatable bonds is 4. The van der Waals surface area contributed by atoms with Gasteiger partial charge in [-0.05, 0) is 44.5 Å². The Balaban J connectivity index is 1.93. The fraction of sp³-hybridized carbons (Fsp3) is 0.562. The molecule has 1 unspecified atom stereocenters. The quantitative estimate of drug-likeness (QED) is 0.808. The largest absolute Gasteiger partial charge is 0.328 e. The van der Waals surface area contributed by atoms with E-state index in [1.54, 1.807) is 0 Å². The van der Waals surface area contributed by atoms with Crippen LogP contribution in [0.5, 0.6) is 0 Å². The summed E-state index contributed by atoms with van der Waals surface area (Å²) < 4.78 is 15.6. The zero-order valence-corrected chi connectivity index (χ0v) is 13.1. The maximum Gasteiger partial charge on any atom is 0.125 e. The van der Waals surface area contributed by atoms with Crippen LogP contribution in [0.4, 0.5) is 4.39 Å². The highest BCUT2D eigenvalue weighted by Gasteiger charge is 2.20. The van der Waals surface area contributed by atoms with Crippen molar-refractivity contribution < 1.29 is 4.39 Å². The van der Waals surface area contributed by atoms with E-state index in [1.165, 1.54) is 31.5 Å². The molecule has 0 radical (unpaired) electrons. The molecule has 1 aliphatic heterocycles. The smallest absolute Gasteiger partial charge is 0.125 e. The monoisotopic (exact) mass is 309 g/mol. The fourth-order valence-corrected chi connectivity index (χ4v) is 3.48. The van der Waals surface area contributed by atoms with Crippen molar-refractivity contribution in [2.45, 2.75) is 25.8 Å². The zero-order valence-electron chi connectivity index (χ0n) is 12.4. The molecule has 0 saturated carbocycles. The molecule has 1 aromatic carbocycles. The minimum Gasteiger partial charge on any atom is -0.328 e. The fourth-order valence-electron chi connectivity index (χ4n) is 3.31. The number of piperidine rings is 1. The molecular weight excluding hydrogens is 289 g/mol. The predicted octanol–water partition coefficient (Wildman–Crippen LogP) is 3.30. The molecule has 114 valence electrons. The van der Waals surface area contributed by atoms with Gasteiger partial charge in [0.25, 0.3) is 0 Å². The number of aromatic nitrogens is 2. The molecule has 1 aromatic heterocycles. The Morgan fingerprint density at radius 2 is 2.29 bits per heavy atom. The van der Waals surface area contributed by atoms with E-state index < -0.39 is 0 Å². The second-order valence-corrected chi connectivity index (χ2v) is 6.36. The molecule has 3 rings (SSSR count). The van der Waals surface area contributed by atoms with Gasteiger partial charge in [-0.25, -0.2) is 9.37 Å². The Morgan fingerprint density at radius 3 is 3.05 bits per heavy atom. The molecule has 5 heteroatoms. The Hall–Kier alpha value is -1.13. The summed E-state index contributed by atoms with van der Waals surface area (Å²) in [6, 6.07) is 4.86. The normalized spacial score (nSPS) is 20.2. The third-order valence-corrected chi connectivity index (χ3v) is 4.46. The first-order valence-corrected chi connectivity index (χ1v) is 8.10. The van der Waals surface area contributed by atoms with Gasteiger partial charge >= 0.3 is 0 Å². The van der Waals surface area contributed by atoms with Crippen molar-refractivity contribution in [3.05, 3.63) is 29.8 Å². The molecule has 0 bridgehead atoms. The second-order valence-electron chi connectivity index (χ2n) is 5.98. The molecule has 1 saturated heterocycles. The van der Waals surface area contributed by atoms with Crippen LogP contribution in [-0.4, -0.2) is 40.5 Å². The highest BCUT2D eigenvalue weighted by molar-refractivity contribution is 6.17. The molecule has 0 spiro atoms. The van der Waals surface area contributed by atoms with Crippen molar-refractivity contribution in [3.63, 3.8) is 0 Å². The summed E-state index contributed by atoms with van der Waals surface area (Å²) >= 11 is 5.90. The van der Waals surface area contributed by atoms with Crippen molar-refractivity contribution in [2.24, 2.45) is 5.92 Å². The van der Waals surface area contributed by atoms with Gasteiger partial charge < -0.3 is 9.47 Å². The first kappa shape index (κ1) is 14.8. The van der Waals surface area contributed by atoms with Gasteiger partial charge in [0.05, 0.1) is 11.0 Å². The van der Waals surface area contributed by atoms with E-state index in [-0.39, 0.29) is 5.82 Å². The number of fused-ring (bicyclic) bond motifs is 1. The molecular formula is C16H21ClFN3. The van der Waals surface area contributed by atoms with E-state index in [9.17, 15) is 4.39 Å². The van der Waals surface area contributed by atoms with E-state index in [4.69, 9.17) is 11.6 Å². The lowest BCUT2D eigenvalue weighted by atomic mass is 9.98. The van der Waals surface area contributed by atoms with Crippen LogP contribution < -0.4 is 0 Å². The molecule has 1 fully saturated rings. The summed E-state index contributed by atoms with van der Waals surface area (Å²) in [6.07, 6.45) is 3.21. The second kappa shape index (κ2) is 6.32. The lowest BCUT2D eigenvalue weighted by Crippen LogP contribution is -2.34. The SMILES string of the molecule is CN1CCCC(Cn2c(CCCl)nc3cc(F)ccc32)C1. The molecule has 0 amide bonds. The lowest BCUT2D eigenvalue weighted by Gasteiger charge is -2.30. The number of hydrogen-bond donors (Lipinski definition) is 0. The molecule has 21 heavy (non-hydrogen) atoms. The Bertz CT molecular complexity index is 625. The van der Waals surface area contributed by atoms with Gasteiger partial charge in [0.2, 0.25) is 0 Å². The van der Waals surface area contributed by atoms with Crippen LogP contribution in [0.3, 0.4) is 0 Å². The number of alkyl halides is 1. The molecule has 0 N–H and O–H groups in total. The minimum atomic E-state index is -0.234. The Morgan fingerprint density at radius 1 is 1.43 bits per heavy atom. The molecule has 1 aliphatic rings. The van der Waals surface area contributed by atoms with Crippen molar-refractivity contribution in [3.8, 4) is 0 Å². The number of likely N-dealkylation sites (tertiary alicyclic amines) is 1. The van der Waals surface area contributed by atoms with Gasteiger partial charge in [-0.2, -0.15) is 0 Å². The number of halogens is 2. The topological polar surface area (TPSA) is 21.1 Å². The van der Waals surface area contributed by atoms with Crippen molar-refractivity contribution in [1.82, 2.24) is 14.5 Å². The van der Waals surface area contributed by atoms with E-state index >= 15 is 0 Å². The zero-order chi connectivity index (χ0) is 14.8. The van der Waals surface area contributed by atoms with Crippen molar-refractivity contribution in [1.29, 1.82) is 0 Å². The summed E-state index contributed by atoms with van der Waals surface area (Å²) in [5, 5.41) is 0. The van der Waals surface area contributed by atoms with Crippen LogP contribution in [0, 0.1) is 11.7 Å². The van der Waals surface area contributed by atoms with Crippen LogP contribution >= 0.6 is 11.6 Å². The van der Waals surface area contributed by atoms with Gasteiger partial charge in [-0.3, -0.25) is 0 Å². The average molecular weight is 310 g/mol. The van der Waals surface area contributed by atoms with Crippen LogP contribution in [0.2, 0.25) is 0 Å². The number of imidazole rings is 1. The third kappa shape index (κ3) is 3.22. The predicted molar refractivity (Wildman–Crippen MR) is 84.3 cm³/mol. The molecule has 2 heterocycles. The van der Waals surface area contributed by atoms with Crippen LogP contribution in [0.15, 0.2) is 18.2 Å². The number of hydrogen-bond acceptors (Lipinski definition) is 2. The molecule has 3 nitrogen and oxygen atoms in total. The van der Waals surface area contributed by atoms with Crippen LogP contribution in [0.25, 0.3) is 11.0 Å². The summed E-state index contributed by atoms with van der Waals surface area (Å²) in [5.74, 6) is 1.90. The summed E-state index contributed by atoms with van der Waals surface area (Å²) in [5.41, 5.74) is 1.75. The van der Waals surface area contributed by atoms with Crippen molar-refractivity contribution in [2.75, 3.05) is 26.0 Å². The summed E-state index contributed by atoms with van der Waals surface area (Å²) in [7, 11) is 2.17. The van der Waals surface area contributed by atoms with Gasteiger partial charge in [-0.15, -0.1) is 11.6 Å². The van der Waals surface area contributed by atoms with Gasteiger partial charge in [0.1, 0.15) is 11.6 Å². The summed E-state index contributed by atoms with van der Waals surface area (Å²) in [6.45, 7) is 3.24. The van der Waals surface area contributed by atoms with E-state index in [2.05, 4.69) is 21.5 Å².